The minimum absolute atomic E-state index is 0.0557. The largest absolute Gasteiger partial charge is 0.506 e. The first kappa shape index (κ1) is 18.5. The Morgan fingerprint density at radius 3 is 2.48 bits per heavy atom. The molecule has 9 nitrogen and oxygen atoms in total. The molecule has 10 heteroatoms. The van der Waals surface area contributed by atoms with Crippen LogP contribution in [0.15, 0.2) is 68.4 Å². The summed E-state index contributed by atoms with van der Waals surface area (Å²) in [6, 6.07) is 12.6. The Morgan fingerprint density at radius 2 is 1.81 bits per heavy atom. The number of hydrogen-bond donors (Lipinski definition) is 3. The monoisotopic (exact) mass is 387 g/mol. The van der Waals surface area contributed by atoms with Gasteiger partial charge in [0, 0.05) is 0 Å². The maximum Gasteiger partial charge on any atom is 0.299 e. The van der Waals surface area contributed by atoms with E-state index in [-0.39, 0.29) is 22.0 Å². The van der Waals surface area contributed by atoms with Crippen molar-refractivity contribution in [1.82, 2.24) is 14.5 Å². The third-order valence-electron chi connectivity index (χ3n) is 3.84. The molecule has 2 aromatic carbocycles. The fourth-order valence-corrected chi connectivity index (χ4v) is 3.14. The SMILES string of the molecule is CNS(=O)(=O)c1ccc(O)c(N=Nc2c(C)[nH]n(-c3ccccc3)c2=O)c1. The van der Waals surface area contributed by atoms with Crippen molar-refractivity contribution in [3.05, 3.63) is 64.6 Å². The smallest absolute Gasteiger partial charge is 0.299 e. The fraction of sp³-hybridized carbons (Fsp3) is 0.118. The normalized spacial score (nSPS) is 11.9. The molecule has 0 radical (unpaired) electrons. The number of aryl methyl sites for hydroxylation is 1. The van der Waals surface area contributed by atoms with Crippen LogP contribution in [0.4, 0.5) is 11.4 Å². The minimum atomic E-state index is -3.70. The predicted octanol–water partition coefficient (Wildman–Crippen LogP) is 2.50. The van der Waals surface area contributed by atoms with Crippen molar-refractivity contribution in [2.75, 3.05) is 7.05 Å². The first-order chi connectivity index (χ1) is 12.8. The highest BCUT2D eigenvalue weighted by atomic mass is 32.2. The molecule has 140 valence electrons. The number of nitrogens with one attached hydrogen (secondary N) is 2. The number of hydrogen-bond acceptors (Lipinski definition) is 6. The quantitative estimate of drug-likeness (QED) is 0.581. The number of aromatic amines is 1. The van der Waals surface area contributed by atoms with Gasteiger partial charge in [-0.3, -0.25) is 9.89 Å². The second-order valence-corrected chi connectivity index (χ2v) is 7.51. The Bertz CT molecular complexity index is 1160. The van der Waals surface area contributed by atoms with Gasteiger partial charge in [0.05, 0.1) is 16.3 Å². The number of sulfonamides is 1. The molecule has 0 amide bonds. The first-order valence-corrected chi connectivity index (χ1v) is 9.37. The summed E-state index contributed by atoms with van der Waals surface area (Å²) in [6.07, 6.45) is 0. The van der Waals surface area contributed by atoms with E-state index < -0.39 is 15.6 Å². The van der Waals surface area contributed by atoms with Gasteiger partial charge >= 0.3 is 0 Å². The van der Waals surface area contributed by atoms with Gasteiger partial charge in [-0.15, -0.1) is 10.2 Å². The topological polar surface area (TPSA) is 129 Å². The summed E-state index contributed by atoms with van der Waals surface area (Å²) in [5.41, 5.74) is 0.682. The lowest BCUT2D eigenvalue weighted by Gasteiger charge is -2.04. The van der Waals surface area contributed by atoms with E-state index in [1.807, 2.05) is 6.07 Å². The molecule has 27 heavy (non-hydrogen) atoms. The van der Waals surface area contributed by atoms with Gasteiger partial charge in [0.2, 0.25) is 10.0 Å². The van der Waals surface area contributed by atoms with Crippen LogP contribution in [0, 0.1) is 6.92 Å². The molecule has 0 aliphatic heterocycles. The van der Waals surface area contributed by atoms with E-state index in [0.717, 1.165) is 0 Å². The van der Waals surface area contributed by atoms with Crippen molar-refractivity contribution in [3.63, 3.8) is 0 Å². The van der Waals surface area contributed by atoms with Crippen LogP contribution >= 0.6 is 0 Å². The molecular formula is C17H17N5O4S. The number of phenols is 1. The van der Waals surface area contributed by atoms with E-state index in [9.17, 15) is 18.3 Å². The van der Waals surface area contributed by atoms with Crippen LogP contribution < -0.4 is 10.3 Å². The van der Waals surface area contributed by atoms with Gasteiger partial charge in [-0.25, -0.2) is 17.8 Å². The maximum atomic E-state index is 12.6. The third kappa shape index (κ3) is 3.66. The Balaban J connectivity index is 2.02. The third-order valence-corrected chi connectivity index (χ3v) is 5.25. The molecule has 1 heterocycles. The molecule has 0 aliphatic carbocycles. The van der Waals surface area contributed by atoms with Crippen LogP contribution in [0.25, 0.3) is 5.69 Å². The summed E-state index contributed by atoms with van der Waals surface area (Å²) in [6.45, 7) is 1.66. The van der Waals surface area contributed by atoms with Gasteiger partial charge in [0.25, 0.3) is 5.56 Å². The molecule has 0 spiro atoms. The molecule has 0 saturated carbocycles. The number of nitrogens with zero attached hydrogens (tertiary/aromatic N) is 3. The number of benzene rings is 2. The highest BCUT2D eigenvalue weighted by molar-refractivity contribution is 7.89. The van der Waals surface area contributed by atoms with Gasteiger partial charge in [0.1, 0.15) is 11.4 Å². The molecule has 0 bridgehead atoms. The lowest BCUT2D eigenvalue weighted by molar-refractivity contribution is 0.476. The second-order valence-electron chi connectivity index (χ2n) is 5.62. The van der Waals surface area contributed by atoms with E-state index >= 15 is 0 Å². The molecule has 0 fully saturated rings. The lowest BCUT2D eigenvalue weighted by atomic mass is 10.3. The Labute approximate surface area is 155 Å². The minimum Gasteiger partial charge on any atom is -0.506 e. The number of H-pyrrole nitrogens is 1. The number of aromatic nitrogens is 2. The van der Waals surface area contributed by atoms with Gasteiger partial charge in [0.15, 0.2) is 5.69 Å². The van der Waals surface area contributed by atoms with E-state index in [2.05, 4.69) is 20.0 Å². The molecule has 0 saturated heterocycles. The summed E-state index contributed by atoms with van der Waals surface area (Å²) < 4.78 is 27.3. The van der Waals surface area contributed by atoms with Crippen molar-refractivity contribution >= 4 is 21.4 Å². The number of rotatable bonds is 5. The van der Waals surface area contributed by atoms with Crippen LogP contribution in [-0.2, 0) is 10.0 Å². The second kappa shape index (κ2) is 7.17. The zero-order valence-corrected chi connectivity index (χ0v) is 15.4. The van der Waals surface area contributed by atoms with Crippen LogP contribution in [0.1, 0.15) is 5.69 Å². The lowest BCUT2D eigenvalue weighted by Crippen LogP contribution is -2.18. The van der Waals surface area contributed by atoms with Gasteiger partial charge in [-0.2, -0.15) is 0 Å². The molecule has 0 atom stereocenters. The first-order valence-electron chi connectivity index (χ1n) is 7.89. The number of phenolic OH excluding ortho intramolecular Hbond substituents is 1. The number of para-hydroxylation sites is 1. The van der Waals surface area contributed by atoms with Crippen molar-refractivity contribution in [2.24, 2.45) is 10.2 Å². The number of azo groups is 1. The highest BCUT2D eigenvalue weighted by Gasteiger charge is 2.15. The van der Waals surface area contributed by atoms with Crippen LogP contribution in [0.5, 0.6) is 5.75 Å². The average Bonchev–Trinajstić information content (AvgIpc) is 2.95. The summed E-state index contributed by atoms with van der Waals surface area (Å²) in [7, 11) is -2.43. The van der Waals surface area contributed by atoms with E-state index in [4.69, 9.17) is 0 Å². The average molecular weight is 387 g/mol. The Morgan fingerprint density at radius 1 is 1.11 bits per heavy atom. The van der Waals surface area contributed by atoms with E-state index in [1.165, 1.54) is 29.9 Å². The standard InChI is InChI=1S/C17H17N5O4S/c1-11-16(17(24)22(21-11)12-6-4-3-5-7-12)20-19-14-10-13(8-9-15(14)23)27(25,26)18-2/h3-10,18,21,23H,1-2H3. The highest BCUT2D eigenvalue weighted by Crippen LogP contribution is 2.30. The molecule has 3 N–H and O–H groups in total. The number of aromatic hydroxyl groups is 1. The molecular weight excluding hydrogens is 370 g/mol. The zero-order valence-electron chi connectivity index (χ0n) is 14.5. The van der Waals surface area contributed by atoms with E-state index in [0.29, 0.717) is 11.4 Å². The van der Waals surface area contributed by atoms with Crippen molar-refractivity contribution in [2.45, 2.75) is 11.8 Å². The summed E-state index contributed by atoms with van der Waals surface area (Å²) >= 11 is 0. The molecule has 3 rings (SSSR count). The van der Waals surface area contributed by atoms with Gasteiger partial charge < -0.3 is 5.11 Å². The van der Waals surface area contributed by atoms with Gasteiger partial charge in [-0.1, -0.05) is 18.2 Å². The Kier molecular flexibility index (Phi) is 4.93. The molecule has 0 aliphatic rings. The fourth-order valence-electron chi connectivity index (χ4n) is 2.39. The molecule has 1 aromatic heterocycles. The van der Waals surface area contributed by atoms with Crippen LogP contribution in [-0.4, -0.2) is 30.4 Å². The summed E-state index contributed by atoms with van der Waals surface area (Å²) in [5.74, 6) is -0.259. The van der Waals surface area contributed by atoms with Crippen LogP contribution in [0.2, 0.25) is 0 Å². The summed E-state index contributed by atoms with van der Waals surface area (Å²) in [5, 5.41) is 20.6. The van der Waals surface area contributed by atoms with Crippen molar-refractivity contribution < 1.29 is 13.5 Å². The zero-order chi connectivity index (χ0) is 19.6. The summed E-state index contributed by atoms with van der Waals surface area (Å²) in [4.78, 5) is 12.5. The van der Waals surface area contributed by atoms with Gasteiger partial charge in [-0.05, 0) is 44.3 Å². The van der Waals surface area contributed by atoms with Crippen molar-refractivity contribution in [3.8, 4) is 11.4 Å². The molecule has 3 aromatic rings. The van der Waals surface area contributed by atoms with Crippen LogP contribution in [0.3, 0.4) is 0 Å². The molecule has 0 unspecified atom stereocenters. The predicted molar refractivity (Wildman–Crippen MR) is 99.7 cm³/mol. The van der Waals surface area contributed by atoms with Crippen molar-refractivity contribution in [1.29, 1.82) is 0 Å². The Hall–Kier alpha value is -3.24. The van der Waals surface area contributed by atoms with E-state index in [1.54, 1.807) is 31.2 Å². The maximum absolute atomic E-state index is 12.6.